The summed E-state index contributed by atoms with van der Waals surface area (Å²) in [5, 5.41) is 3.05. The van der Waals surface area contributed by atoms with E-state index in [1.165, 1.54) is 12.1 Å². The van der Waals surface area contributed by atoms with E-state index in [0.717, 1.165) is 25.5 Å². The van der Waals surface area contributed by atoms with E-state index in [1.807, 2.05) is 7.05 Å². The zero-order chi connectivity index (χ0) is 13.0. The fraction of sp³-hybridized carbons (Fsp3) is 0.538. The Balaban J connectivity index is 1.83. The summed E-state index contributed by atoms with van der Waals surface area (Å²) in [7, 11) is 1.87. The SMILES string of the molecule is CNCC1CCC(COc2cccc(F)c2F)O1. The summed E-state index contributed by atoms with van der Waals surface area (Å²) in [5.74, 6) is -1.90. The van der Waals surface area contributed by atoms with Crippen molar-refractivity contribution in [2.75, 3.05) is 20.2 Å². The van der Waals surface area contributed by atoms with Gasteiger partial charge in [0.25, 0.3) is 0 Å². The molecular weight excluding hydrogens is 240 g/mol. The number of benzene rings is 1. The van der Waals surface area contributed by atoms with E-state index in [4.69, 9.17) is 9.47 Å². The average Bonchev–Trinajstić information content (AvgIpc) is 2.79. The van der Waals surface area contributed by atoms with Gasteiger partial charge in [0, 0.05) is 6.54 Å². The lowest BCUT2D eigenvalue weighted by Gasteiger charge is -2.14. The van der Waals surface area contributed by atoms with Crippen LogP contribution in [0.25, 0.3) is 0 Å². The van der Waals surface area contributed by atoms with Crippen LogP contribution in [0.3, 0.4) is 0 Å². The predicted molar refractivity (Wildman–Crippen MR) is 63.7 cm³/mol. The van der Waals surface area contributed by atoms with Gasteiger partial charge < -0.3 is 14.8 Å². The van der Waals surface area contributed by atoms with E-state index in [2.05, 4.69) is 5.32 Å². The van der Waals surface area contributed by atoms with Crippen molar-refractivity contribution in [1.82, 2.24) is 5.32 Å². The molecule has 1 heterocycles. The molecule has 1 aromatic rings. The first-order chi connectivity index (χ1) is 8.70. The van der Waals surface area contributed by atoms with Crippen LogP contribution >= 0.6 is 0 Å². The summed E-state index contributed by atoms with van der Waals surface area (Å²) >= 11 is 0. The number of nitrogens with one attached hydrogen (secondary N) is 1. The minimum atomic E-state index is -0.942. The highest BCUT2D eigenvalue weighted by Gasteiger charge is 2.25. The summed E-state index contributed by atoms with van der Waals surface area (Å²) in [6.07, 6.45) is 1.97. The summed E-state index contributed by atoms with van der Waals surface area (Å²) in [6.45, 7) is 1.05. The lowest BCUT2D eigenvalue weighted by Crippen LogP contribution is -2.26. The maximum Gasteiger partial charge on any atom is 0.200 e. The molecule has 1 saturated heterocycles. The van der Waals surface area contributed by atoms with E-state index in [9.17, 15) is 8.78 Å². The molecule has 1 N–H and O–H groups in total. The molecule has 0 aromatic heterocycles. The van der Waals surface area contributed by atoms with Crippen LogP contribution in [-0.4, -0.2) is 32.4 Å². The number of halogens is 2. The quantitative estimate of drug-likeness (QED) is 0.876. The van der Waals surface area contributed by atoms with Crippen molar-refractivity contribution in [3.8, 4) is 5.75 Å². The van der Waals surface area contributed by atoms with Crippen molar-refractivity contribution < 1.29 is 18.3 Å². The van der Waals surface area contributed by atoms with Crippen LogP contribution in [0.1, 0.15) is 12.8 Å². The van der Waals surface area contributed by atoms with Crippen molar-refractivity contribution in [1.29, 1.82) is 0 Å². The topological polar surface area (TPSA) is 30.5 Å². The minimum absolute atomic E-state index is 0.0500. The number of hydrogen-bond donors (Lipinski definition) is 1. The second kappa shape index (κ2) is 6.11. The van der Waals surface area contributed by atoms with Crippen LogP contribution in [0.15, 0.2) is 18.2 Å². The normalized spacial score (nSPS) is 23.3. The fourth-order valence-electron chi connectivity index (χ4n) is 2.06. The van der Waals surface area contributed by atoms with Crippen LogP contribution in [0.4, 0.5) is 8.78 Å². The molecule has 2 atom stereocenters. The van der Waals surface area contributed by atoms with Gasteiger partial charge in [-0.2, -0.15) is 4.39 Å². The lowest BCUT2D eigenvalue weighted by atomic mass is 10.2. The molecule has 1 aliphatic heterocycles. The molecule has 1 fully saturated rings. The van der Waals surface area contributed by atoms with Crippen molar-refractivity contribution in [2.45, 2.75) is 25.0 Å². The fourth-order valence-corrected chi connectivity index (χ4v) is 2.06. The summed E-state index contributed by atoms with van der Waals surface area (Å²) in [4.78, 5) is 0. The smallest absolute Gasteiger partial charge is 0.200 e. The molecule has 0 saturated carbocycles. The highest BCUT2D eigenvalue weighted by atomic mass is 19.2. The summed E-state index contributed by atoms with van der Waals surface area (Å²) in [5.41, 5.74) is 0. The first-order valence-electron chi connectivity index (χ1n) is 6.07. The Bertz CT molecular complexity index is 401. The Morgan fingerprint density at radius 2 is 2.11 bits per heavy atom. The van der Waals surface area contributed by atoms with Gasteiger partial charge in [-0.25, -0.2) is 4.39 Å². The highest BCUT2D eigenvalue weighted by molar-refractivity contribution is 5.25. The highest BCUT2D eigenvalue weighted by Crippen LogP contribution is 2.23. The van der Waals surface area contributed by atoms with Gasteiger partial charge in [-0.05, 0) is 32.0 Å². The van der Waals surface area contributed by atoms with Crippen molar-refractivity contribution >= 4 is 0 Å². The predicted octanol–water partition coefficient (Wildman–Crippen LogP) is 2.11. The molecule has 1 aromatic carbocycles. The van der Waals surface area contributed by atoms with Crippen LogP contribution in [0, 0.1) is 11.6 Å². The summed E-state index contributed by atoms with van der Waals surface area (Å²) in [6, 6.07) is 3.91. The molecule has 100 valence electrons. The Morgan fingerprint density at radius 3 is 2.89 bits per heavy atom. The standard InChI is InChI=1S/C13H17F2NO2/c1-16-7-9-5-6-10(18-9)8-17-12-4-2-3-11(14)13(12)15/h2-4,9-10,16H,5-8H2,1H3. The van der Waals surface area contributed by atoms with E-state index in [0.29, 0.717) is 0 Å². The molecule has 2 rings (SSSR count). The van der Waals surface area contributed by atoms with Crippen LogP contribution < -0.4 is 10.1 Å². The second-order valence-corrected chi connectivity index (χ2v) is 4.38. The van der Waals surface area contributed by atoms with Gasteiger partial charge in [0.05, 0.1) is 12.2 Å². The minimum Gasteiger partial charge on any atom is -0.488 e. The molecule has 1 aliphatic rings. The number of ether oxygens (including phenoxy) is 2. The summed E-state index contributed by atoms with van der Waals surface area (Å²) < 4.78 is 37.2. The van der Waals surface area contributed by atoms with Gasteiger partial charge >= 0.3 is 0 Å². The number of hydrogen-bond acceptors (Lipinski definition) is 3. The maximum absolute atomic E-state index is 13.3. The van der Waals surface area contributed by atoms with Crippen molar-refractivity contribution in [3.05, 3.63) is 29.8 Å². The average molecular weight is 257 g/mol. The van der Waals surface area contributed by atoms with E-state index in [1.54, 1.807) is 0 Å². The monoisotopic (exact) mass is 257 g/mol. The van der Waals surface area contributed by atoms with Gasteiger partial charge in [0.1, 0.15) is 6.61 Å². The van der Waals surface area contributed by atoms with E-state index in [-0.39, 0.29) is 24.6 Å². The molecule has 0 aliphatic carbocycles. The first kappa shape index (κ1) is 13.2. The molecule has 0 radical (unpaired) electrons. The Kier molecular flexibility index (Phi) is 4.49. The van der Waals surface area contributed by atoms with Gasteiger partial charge in [-0.3, -0.25) is 0 Å². The van der Waals surface area contributed by atoms with Gasteiger partial charge in [-0.1, -0.05) is 6.07 Å². The molecular formula is C13H17F2NO2. The maximum atomic E-state index is 13.3. The Labute approximate surface area is 105 Å². The van der Waals surface area contributed by atoms with Gasteiger partial charge in [0.2, 0.25) is 5.82 Å². The molecule has 2 unspecified atom stereocenters. The number of likely N-dealkylation sites (N-methyl/N-ethyl adjacent to an activating group) is 1. The second-order valence-electron chi connectivity index (χ2n) is 4.38. The van der Waals surface area contributed by atoms with Crippen molar-refractivity contribution in [3.63, 3.8) is 0 Å². The third kappa shape index (κ3) is 3.17. The lowest BCUT2D eigenvalue weighted by molar-refractivity contribution is 0.0184. The van der Waals surface area contributed by atoms with Gasteiger partial charge in [-0.15, -0.1) is 0 Å². The Hall–Kier alpha value is -1.20. The number of rotatable bonds is 5. The van der Waals surface area contributed by atoms with Gasteiger partial charge in [0.15, 0.2) is 11.6 Å². The molecule has 0 amide bonds. The van der Waals surface area contributed by atoms with Crippen molar-refractivity contribution in [2.24, 2.45) is 0 Å². The molecule has 0 spiro atoms. The molecule has 0 bridgehead atoms. The van der Waals surface area contributed by atoms with Crippen LogP contribution in [-0.2, 0) is 4.74 Å². The largest absolute Gasteiger partial charge is 0.488 e. The zero-order valence-corrected chi connectivity index (χ0v) is 10.3. The molecule has 5 heteroatoms. The van der Waals surface area contributed by atoms with Crippen LogP contribution in [0.5, 0.6) is 5.75 Å². The Morgan fingerprint density at radius 1 is 1.33 bits per heavy atom. The van der Waals surface area contributed by atoms with Crippen LogP contribution in [0.2, 0.25) is 0 Å². The molecule has 18 heavy (non-hydrogen) atoms. The van der Waals surface area contributed by atoms with E-state index >= 15 is 0 Å². The molecule has 3 nitrogen and oxygen atoms in total. The third-order valence-electron chi connectivity index (χ3n) is 2.97. The van der Waals surface area contributed by atoms with E-state index < -0.39 is 11.6 Å². The first-order valence-corrected chi connectivity index (χ1v) is 6.07. The third-order valence-corrected chi connectivity index (χ3v) is 2.97. The zero-order valence-electron chi connectivity index (χ0n) is 10.3.